The molecule has 1 aromatic carbocycles. The molecule has 0 aliphatic rings. The number of carbonyl (C=O) groups is 1. The maximum Gasteiger partial charge on any atom is 0.487 e. The molecule has 1 rings (SSSR count). The Morgan fingerprint density at radius 1 is 1.41 bits per heavy atom. The van der Waals surface area contributed by atoms with E-state index in [1.807, 2.05) is 0 Å². The minimum atomic E-state index is -3.95. The van der Waals surface area contributed by atoms with Crippen LogP contribution in [0.3, 0.4) is 0 Å². The van der Waals surface area contributed by atoms with Gasteiger partial charge in [0.25, 0.3) is 0 Å². The predicted molar refractivity (Wildman–Crippen MR) is 55.5 cm³/mol. The molecule has 0 aliphatic carbocycles. The number of rotatable bonds is 4. The fourth-order valence-electron chi connectivity index (χ4n) is 1.08. The van der Waals surface area contributed by atoms with E-state index in [4.69, 9.17) is 16.7 Å². The van der Waals surface area contributed by atoms with Gasteiger partial charge in [-0.25, -0.2) is 4.79 Å². The lowest BCUT2D eigenvalue weighted by Crippen LogP contribution is -2.16. The smallest absolute Gasteiger partial charge is 0.479 e. The molecule has 17 heavy (non-hydrogen) atoms. The van der Waals surface area contributed by atoms with Crippen molar-refractivity contribution in [3.8, 4) is 5.75 Å². The first-order chi connectivity index (χ1) is 7.69. The number of ether oxygens (including phenoxy) is 1. The number of aliphatic hydroxyl groups is 1. The third-order valence-corrected chi connectivity index (χ3v) is 1.97. The maximum absolute atomic E-state index is 12.4. The molecule has 2 N–H and O–H groups in total. The van der Waals surface area contributed by atoms with Crippen LogP contribution in [0.2, 0.25) is 5.02 Å². The summed E-state index contributed by atoms with van der Waals surface area (Å²) in [5.41, 5.74) is -4.14. The summed E-state index contributed by atoms with van der Waals surface area (Å²) in [6, 6.07) is 3.02. The van der Waals surface area contributed by atoms with E-state index in [0.29, 0.717) is 0 Å². The van der Waals surface area contributed by atoms with E-state index in [2.05, 4.69) is 16.3 Å². The molecule has 4 nitrogen and oxygen atoms in total. The zero-order chi connectivity index (χ0) is 13.2. The monoisotopic (exact) mass is 286 g/mol. The van der Waals surface area contributed by atoms with Gasteiger partial charge in [0, 0.05) is 16.6 Å². The molecule has 0 saturated carbocycles. The van der Waals surface area contributed by atoms with Gasteiger partial charge in [-0.1, -0.05) is 11.6 Å². The molecule has 0 unspecified atom stereocenters. The number of carboxylic acids is 1. The highest BCUT2D eigenvalue weighted by molar-refractivity contribution is 6.30. The predicted octanol–water partition coefficient (Wildman–Crippen LogP) is 2.63. The van der Waals surface area contributed by atoms with E-state index >= 15 is 0 Å². The number of hydrogen-bond acceptors (Lipinski definition) is 3. The van der Waals surface area contributed by atoms with Crippen LogP contribution < -0.4 is 4.74 Å². The third-order valence-electron chi connectivity index (χ3n) is 1.68. The SMILES string of the molecule is O=C(O)[C@H](O)c1cc(Cl)cc(OC(F)(F)Cl)c1. The van der Waals surface area contributed by atoms with Gasteiger partial charge in [0.05, 0.1) is 0 Å². The van der Waals surface area contributed by atoms with Gasteiger partial charge in [-0.2, -0.15) is 0 Å². The van der Waals surface area contributed by atoms with Crippen molar-refractivity contribution >= 4 is 29.2 Å². The maximum atomic E-state index is 12.4. The molecule has 94 valence electrons. The first kappa shape index (κ1) is 14.0. The molecular formula is C9H6Cl2F2O4. The van der Waals surface area contributed by atoms with Gasteiger partial charge in [0.2, 0.25) is 0 Å². The van der Waals surface area contributed by atoms with Crippen LogP contribution in [0.1, 0.15) is 11.7 Å². The van der Waals surface area contributed by atoms with E-state index in [0.717, 1.165) is 18.2 Å². The highest BCUT2D eigenvalue weighted by atomic mass is 35.5. The van der Waals surface area contributed by atoms with Crippen LogP contribution in [-0.2, 0) is 4.79 Å². The van der Waals surface area contributed by atoms with Crippen molar-refractivity contribution in [2.75, 3.05) is 0 Å². The van der Waals surface area contributed by atoms with E-state index in [9.17, 15) is 18.7 Å². The number of aliphatic carboxylic acids is 1. The Balaban J connectivity index is 3.06. The second kappa shape index (κ2) is 5.03. The zero-order valence-corrected chi connectivity index (χ0v) is 9.54. The average Bonchev–Trinajstić information content (AvgIpc) is 2.12. The number of carboxylic acid groups (broad SMARTS) is 1. The Morgan fingerprint density at radius 3 is 2.47 bits per heavy atom. The summed E-state index contributed by atoms with van der Waals surface area (Å²) in [5.74, 6) is -2.00. The Labute approximate surface area is 104 Å². The van der Waals surface area contributed by atoms with Crippen molar-refractivity contribution in [1.82, 2.24) is 0 Å². The highest BCUT2D eigenvalue weighted by Crippen LogP contribution is 2.30. The fourth-order valence-corrected chi connectivity index (χ4v) is 1.40. The molecule has 0 amide bonds. The molecular weight excluding hydrogens is 281 g/mol. The van der Waals surface area contributed by atoms with E-state index in [-0.39, 0.29) is 10.6 Å². The molecule has 0 saturated heterocycles. The molecule has 1 aromatic rings. The van der Waals surface area contributed by atoms with Gasteiger partial charge >= 0.3 is 11.5 Å². The quantitative estimate of drug-likeness (QED) is 0.835. The normalized spacial score (nSPS) is 13.2. The highest BCUT2D eigenvalue weighted by Gasteiger charge is 2.28. The van der Waals surface area contributed by atoms with Crippen molar-refractivity contribution in [2.24, 2.45) is 0 Å². The molecule has 0 fully saturated rings. The Bertz CT molecular complexity index is 433. The number of alkyl halides is 3. The van der Waals surface area contributed by atoms with Gasteiger partial charge in [-0.15, -0.1) is 8.78 Å². The minimum Gasteiger partial charge on any atom is -0.479 e. The van der Waals surface area contributed by atoms with E-state index < -0.39 is 23.4 Å². The van der Waals surface area contributed by atoms with Crippen molar-refractivity contribution in [3.63, 3.8) is 0 Å². The Kier molecular flexibility index (Phi) is 4.13. The van der Waals surface area contributed by atoms with Gasteiger partial charge in [0.1, 0.15) is 5.75 Å². The second-order valence-corrected chi connectivity index (χ2v) is 3.89. The third kappa shape index (κ3) is 4.33. The summed E-state index contributed by atoms with van der Waals surface area (Å²) in [6.45, 7) is 0. The summed E-state index contributed by atoms with van der Waals surface area (Å²) in [4.78, 5) is 10.5. The van der Waals surface area contributed by atoms with Crippen molar-refractivity contribution < 1.29 is 28.5 Å². The minimum absolute atomic E-state index is 0.0706. The molecule has 1 atom stereocenters. The van der Waals surface area contributed by atoms with Crippen LogP contribution in [0.4, 0.5) is 8.78 Å². The van der Waals surface area contributed by atoms with Crippen LogP contribution in [0.5, 0.6) is 5.75 Å². The van der Waals surface area contributed by atoms with Crippen molar-refractivity contribution in [1.29, 1.82) is 0 Å². The van der Waals surface area contributed by atoms with Crippen LogP contribution in [0.15, 0.2) is 18.2 Å². The van der Waals surface area contributed by atoms with Crippen LogP contribution in [0.25, 0.3) is 0 Å². The molecule has 0 spiro atoms. The summed E-state index contributed by atoms with van der Waals surface area (Å²) >= 11 is 10.1. The lowest BCUT2D eigenvalue weighted by Gasteiger charge is -2.13. The first-order valence-electron chi connectivity index (χ1n) is 4.16. The summed E-state index contributed by atoms with van der Waals surface area (Å²) in [7, 11) is 0. The van der Waals surface area contributed by atoms with Crippen LogP contribution >= 0.6 is 23.2 Å². The first-order valence-corrected chi connectivity index (χ1v) is 4.92. The molecule has 0 radical (unpaired) electrons. The number of halogens is 4. The number of aliphatic hydroxyl groups excluding tert-OH is 1. The molecule has 8 heteroatoms. The zero-order valence-electron chi connectivity index (χ0n) is 8.03. The summed E-state index contributed by atoms with van der Waals surface area (Å²) < 4.78 is 28.7. The lowest BCUT2D eigenvalue weighted by atomic mass is 10.1. The number of benzene rings is 1. The van der Waals surface area contributed by atoms with E-state index in [1.165, 1.54) is 0 Å². The van der Waals surface area contributed by atoms with Crippen LogP contribution in [-0.4, -0.2) is 21.8 Å². The van der Waals surface area contributed by atoms with Gasteiger partial charge in [-0.05, 0) is 23.8 Å². The van der Waals surface area contributed by atoms with Gasteiger partial charge < -0.3 is 14.9 Å². The lowest BCUT2D eigenvalue weighted by molar-refractivity contribution is -0.146. The number of hydrogen-bond donors (Lipinski definition) is 2. The molecule has 0 heterocycles. The van der Waals surface area contributed by atoms with E-state index in [1.54, 1.807) is 0 Å². The molecule has 0 bridgehead atoms. The fraction of sp³-hybridized carbons (Fsp3) is 0.222. The largest absolute Gasteiger partial charge is 0.487 e. The van der Waals surface area contributed by atoms with Crippen molar-refractivity contribution in [2.45, 2.75) is 11.7 Å². The second-order valence-electron chi connectivity index (χ2n) is 3.01. The average molecular weight is 287 g/mol. The van der Waals surface area contributed by atoms with Gasteiger partial charge in [0.15, 0.2) is 6.10 Å². The summed E-state index contributed by atoms with van der Waals surface area (Å²) in [6.07, 6.45) is -1.89. The molecule has 0 aromatic heterocycles. The van der Waals surface area contributed by atoms with Crippen LogP contribution in [0, 0.1) is 0 Å². The Hall–Kier alpha value is -1.11. The Morgan fingerprint density at radius 2 is 2.00 bits per heavy atom. The topological polar surface area (TPSA) is 66.8 Å². The molecule has 0 aliphatic heterocycles. The standard InChI is InChI=1S/C9H6Cl2F2O4/c10-5-1-4(7(14)8(15)16)2-6(3-5)17-9(11,12)13/h1-3,7,14H,(H,15,16)/t7-/m1/s1. The van der Waals surface area contributed by atoms with Gasteiger partial charge in [-0.3, -0.25) is 0 Å². The van der Waals surface area contributed by atoms with Crippen molar-refractivity contribution in [3.05, 3.63) is 28.8 Å². The summed E-state index contributed by atoms with van der Waals surface area (Å²) in [5, 5.41) is 17.7.